The number of anilines is 2. The largest absolute Gasteiger partial charge is 0.478 e. The maximum absolute atomic E-state index is 12.9. The fraction of sp³-hybridized carbons (Fsp3) is 0.552. The Morgan fingerprint density at radius 2 is 0.767 bits per heavy atom. The van der Waals surface area contributed by atoms with E-state index in [4.69, 9.17) is 75.8 Å². The molecule has 0 radical (unpaired) electrons. The van der Waals surface area contributed by atoms with Crippen LogP contribution in [0, 0.1) is 21.7 Å². The summed E-state index contributed by atoms with van der Waals surface area (Å²) in [7, 11) is 4.36. The first kappa shape index (κ1) is 136. The van der Waals surface area contributed by atoms with Crippen molar-refractivity contribution in [1.29, 1.82) is 0 Å². The Morgan fingerprint density at radius 3 is 1.13 bits per heavy atom. The summed E-state index contributed by atoms with van der Waals surface area (Å²) in [4.78, 5) is 225. The van der Waals surface area contributed by atoms with E-state index in [2.05, 4.69) is 43.5 Å². The Morgan fingerprint density at radius 1 is 0.407 bits per heavy atom. The van der Waals surface area contributed by atoms with Gasteiger partial charge >= 0.3 is 95.6 Å². The lowest BCUT2D eigenvalue weighted by atomic mass is 9.87. The maximum atomic E-state index is 12.9. The van der Waals surface area contributed by atoms with E-state index >= 15 is 0 Å². The molecule has 9 atom stereocenters. The highest BCUT2D eigenvalue weighted by atomic mass is 16.6. The van der Waals surface area contributed by atoms with Crippen molar-refractivity contribution in [3.63, 3.8) is 0 Å². The smallest absolute Gasteiger partial charge is 0.411 e. The van der Waals surface area contributed by atoms with Crippen molar-refractivity contribution in [3.8, 4) is 0 Å². The van der Waals surface area contributed by atoms with Crippen molar-refractivity contribution < 1.29 is 203 Å². The van der Waals surface area contributed by atoms with Crippen molar-refractivity contribution in [2.75, 3.05) is 131 Å². The van der Waals surface area contributed by atoms with Gasteiger partial charge in [-0.05, 0) is 168 Å². The number of hydrogen-bond acceptors (Lipinski definition) is 40. The molecule has 0 aliphatic heterocycles. The molecule has 9 N–H and O–H groups in total. The number of aliphatic hydroxyl groups excluding tert-OH is 5. The van der Waals surface area contributed by atoms with Crippen LogP contribution in [0.25, 0.3) is 0 Å². The quantitative estimate of drug-likeness (QED) is 0.00834. The third kappa shape index (κ3) is 53.2. The zero-order chi connectivity index (χ0) is 115. The number of carboxylic acids is 2. The first-order valence-electron chi connectivity index (χ1n) is 47.8. The van der Waals surface area contributed by atoms with Crippen LogP contribution in [0.1, 0.15) is 240 Å². The van der Waals surface area contributed by atoms with Gasteiger partial charge in [0.1, 0.15) is 127 Å². The lowest BCUT2D eigenvalue weighted by Crippen LogP contribution is -2.43. The molecule has 3 aromatic rings. The second-order valence-electron chi connectivity index (χ2n) is 36.2. The van der Waals surface area contributed by atoms with E-state index in [1.165, 1.54) is 48.8 Å². The van der Waals surface area contributed by atoms with E-state index < -0.39 is 196 Å². The van der Waals surface area contributed by atoms with E-state index in [0.717, 1.165) is 36.2 Å². The van der Waals surface area contributed by atoms with E-state index in [0.29, 0.717) is 56.0 Å². The van der Waals surface area contributed by atoms with Crippen LogP contribution < -0.4 is 10.6 Å². The fourth-order valence-corrected chi connectivity index (χ4v) is 11.8. The monoisotopic (exact) mass is 2120 g/mol. The topological polar surface area (TPSA) is 641 Å². The molecule has 1 aliphatic carbocycles. The van der Waals surface area contributed by atoms with Gasteiger partial charge in [0.15, 0.2) is 5.78 Å². The standard InChI is InChI=1S/C30H38N2O9.C25H30O13.C19H30O9.C16H26O5.C15H25NO6/c1-6-30(18-38-5,28(36)40-17-26(34)16-39-27(35)20(2)3)19-41-29(37)32-25-13-9-23(10-14-25)15-22-7-11-24(12-8-22)31-21(4)33;1-6-25(11-35-5,24(34)37-10-15(27)9-36-22(32)13(2)3)12-38-23(33)19-7-16(14(4)26)17(20(28)29)8-18(19)21(30)31;1-6-19(4,5)18(24)26-10-9-25-15(21)7-8-16(22)27-11-14(20)12-28-17(23)13(2)3;1-6-16(4,5)15(19)21-13-8-7-11(9-12(13)17)20-14(18)10(2)3;1-5-8-16(4)13(18)6-7-14(19)21-9-12(17)10-22-15(20)11(2)3/h7-14,26,34H,2,6,15-19H2,1,3-5H3,(H,31,33)(H,32,37);7-8,15,27H,2,6,9-12H2,1,3-5H3,(H,28,29)(H,30,31);14,20H,2,6-12H2,1,3-5H3;11-13,17H,2,6-9H2,1,3-5H3;12,17H,2,5-10H2,1,3-4H3. The molecule has 150 heavy (non-hydrogen) atoms. The molecule has 1 saturated carbocycles. The predicted octanol–water partition coefficient (Wildman–Crippen LogP) is 9.70. The number of ether oxygens (including phenoxy) is 16. The van der Waals surface area contributed by atoms with Crippen LogP contribution in [0.2, 0.25) is 0 Å². The summed E-state index contributed by atoms with van der Waals surface area (Å²) in [5, 5.41) is 73.3. The molecule has 0 saturated heterocycles. The molecule has 4 rings (SSSR count). The Labute approximate surface area is 872 Å². The molecule has 45 nitrogen and oxygen atoms in total. The van der Waals surface area contributed by atoms with Gasteiger partial charge in [-0.1, -0.05) is 91.8 Å². The Bertz CT molecular complexity index is 5070. The first-order valence-corrected chi connectivity index (χ1v) is 47.8. The second kappa shape index (κ2) is 70.1. The molecule has 836 valence electrons. The Kier molecular flexibility index (Phi) is 63.5. The molecule has 1 aliphatic rings. The van der Waals surface area contributed by atoms with E-state index in [-0.39, 0.29) is 163 Å². The summed E-state index contributed by atoms with van der Waals surface area (Å²) >= 11 is 0. The molecule has 3 amide bonds. The number of aliphatic hydroxyl groups is 5. The number of esters is 13. The van der Waals surface area contributed by atoms with Crippen molar-refractivity contribution in [1.82, 2.24) is 4.90 Å². The van der Waals surface area contributed by atoms with E-state index in [1.807, 2.05) is 71.0 Å². The van der Waals surface area contributed by atoms with Crippen molar-refractivity contribution in [3.05, 3.63) is 155 Å². The molecule has 0 heterocycles. The summed E-state index contributed by atoms with van der Waals surface area (Å²) in [5.74, 6) is -12.8. The van der Waals surface area contributed by atoms with Gasteiger partial charge in [0.25, 0.3) is 0 Å². The van der Waals surface area contributed by atoms with Crippen molar-refractivity contribution >= 4 is 125 Å². The number of amides is 3. The third-order valence-electron chi connectivity index (χ3n) is 21.9. The molecule has 9 unspecified atom stereocenters. The second-order valence-corrected chi connectivity index (χ2v) is 36.2. The number of nitrogens with one attached hydrogen (secondary N) is 2. The van der Waals surface area contributed by atoms with Gasteiger partial charge in [0.05, 0.1) is 66.1 Å². The van der Waals surface area contributed by atoms with Crippen LogP contribution in [-0.4, -0.2) is 317 Å². The fourth-order valence-electron chi connectivity index (χ4n) is 11.8. The molecule has 1 fully saturated rings. The maximum Gasteiger partial charge on any atom is 0.411 e. The number of nitrogens with zero attached hydrogens (tertiary/aromatic N) is 1. The van der Waals surface area contributed by atoms with Crippen LogP contribution in [0.5, 0.6) is 0 Å². The predicted molar refractivity (Wildman–Crippen MR) is 537 cm³/mol. The van der Waals surface area contributed by atoms with Crippen LogP contribution in [0.3, 0.4) is 0 Å². The Balaban J connectivity index is 0.00000190. The Hall–Kier alpha value is -14.0. The molecule has 0 spiro atoms. The minimum Gasteiger partial charge on any atom is -0.478 e. The number of ketones is 1. The highest BCUT2D eigenvalue weighted by molar-refractivity contribution is 6.11. The minimum atomic E-state index is -1.64. The van der Waals surface area contributed by atoms with Crippen LogP contribution in [-0.2, 0) is 149 Å². The average Bonchev–Trinajstić information content (AvgIpc) is 0.787. The van der Waals surface area contributed by atoms with Gasteiger partial charge in [-0.25, -0.2) is 43.2 Å². The van der Waals surface area contributed by atoms with Crippen LogP contribution >= 0.6 is 0 Å². The van der Waals surface area contributed by atoms with Gasteiger partial charge in [-0.2, -0.15) is 0 Å². The third-order valence-corrected chi connectivity index (χ3v) is 21.9. The minimum absolute atomic E-state index is 0.0239. The summed E-state index contributed by atoms with van der Waals surface area (Å²) in [6, 6.07) is 16.2. The molecule has 0 bridgehead atoms. The number of Topliss-reactive ketones (excluding diaryl/α,β-unsaturated/α-hetero) is 1. The highest BCUT2D eigenvalue weighted by Crippen LogP contribution is 2.32. The molecular weight excluding hydrogens is 1980 g/mol. The molecule has 3 aromatic carbocycles. The summed E-state index contributed by atoms with van der Waals surface area (Å²) in [6.07, 6.45) is -3.37. The molecule has 0 aromatic heterocycles. The van der Waals surface area contributed by atoms with E-state index in [1.54, 1.807) is 58.7 Å². The summed E-state index contributed by atoms with van der Waals surface area (Å²) in [5.41, 5.74) is -2.03. The first-order chi connectivity index (χ1) is 70.1. The normalized spacial score (nSPS) is 14.3. The summed E-state index contributed by atoms with van der Waals surface area (Å²) < 4.78 is 80.4. The number of carbonyl (C=O) groups excluding carboxylic acids is 17. The SMILES string of the molecule is C=C(C)C(=O)OC1CCC(OC(=O)C(C)(C)CC)C(O)C1.C=C(C)C(=O)OCC(O)COC(=O)C(CC)(COC)COC(=O)Nc1ccc(Cc2ccc(NC(C)=O)cc2)cc1.C=C(C)C(=O)OCC(O)COC(=O)C(CC)(COC)COC(=O)c1cc(C(C)=O)c(C(=O)O)cc1C(=O)O.C=C(C)C(=O)OCC(O)COC(=O)CCC(=O)N(C)CCC.C=C(C)C(=O)OCC(O)COC(=O)CCC(=O)OCCOC(=O)C(C)(C)CC. The zero-order valence-corrected chi connectivity index (χ0v) is 89.0. The highest BCUT2D eigenvalue weighted by Gasteiger charge is 2.44. The number of rotatable bonds is 58. The zero-order valence-electron chi connectivity index (χ0n) is 89.0. The molecular formula is C105H149N3O42. The van der Waals surface area contributed by atoms with Gasteiger partial charge in [0, 0.05) is 92.4 Å². The van der Waals surface area contributed by atoms with Gasteiger partial charge in [-0.3, -0.25) is 53.3 Å². The number of methoxy groups -OCH3 is 2. The van der Waals surface area contributed by atoms with Crippen LogP contribution in [0.15, 0.2) is 121 Å². The number of aromatic carboxylic acids is 2. The average molecular weight is 2130 g/mol. The number of carboxylic acid groups (broad SMARTS) is 2. The van der Waals surface area contributed by atoms with Crippen molar-refractivity contribution in [2.24, 2.45) is 21.7 Å². The van der Waals surface area contributed by atoms with Crippen molar-refractivity contribution in [2.45, 2.75) is 237 Å². The lowest BCUT2D eigenvalue weighted by molar-refractivity contribution is -0.174. The summed E-state index contributed by atoms with van der Waals surface area (Å²) in [6.45, 7) is 39.3. The number of carbonyl (C=O) groups is 19. The molecule has 45 heteroatoms. The number of benzene rings is 3. The van der Waals surface area contributed by atoms with E-state index in [9.17, 15) is 127 Å². The van der Waals surface area contributed by atoms with Crippen LogP contribution in [0.4, 0.5) is 16.2 Å². The van der Waals surface area contributed by atoms with Gasteiger partial charge in [0.2, 0.25) is 11.8 Å². The van der Waals surface area contributed by atoms with Gasteiger partial charge in [-0.15, -0.1) is 0 Å². The van der Waals surface area contributed by atoms with Gasteiger partial charge < -0.3 is 122 Å². The number of hydrogen-bond donors (Lipinski definition) is 9. The lowest BCUT2D eigenvalue weighted by Gasteiger charge is -2.34.